The third-order valence-electron chi connectivity index (χ3n) is 2.59. The maximum Gasteiger partial charge on any atom is 0.265 e. The van der Waals surface area contributed by atoms with Gasteiger partial charge in [0.15, 0.2) is 6.10 Å². The fourth-order valence-electron chi connectivity index (χ4n) is 1.57. The number of rotatable bonds is 4. The van der Waals surface area contributed by atoms with E-state index in [-0.39, 0.29) is 11.7 Å². The predicted molar refractivity (Wildman–Crippen MR) is 73.3 cm³/mol. The summed E-state index contributed by atoms with van der Waals surface area (Å²) >= 11 is 0. The monoisotopic (exact) mass is 257 g/mol. The highest BCUT2D eigenvalue weighted by Crippen LogP contribution is 2.22. The molecule has 2 aromatic rings. The highest BCUT2D eigenvalue weighted by Gasteiger charge is 2.15. The number of para-hydroxylation sites is 3. The van der Waals surface area contributed by atoms with Gasteiger partial charge in [-0.3, -0.25) is 4.79 Å². The zero-order chi connectivity index (χ0) is 13.7. The molecule has 2 N–H and O–H groups in total. The molecule has 0 radical (unpaired) electrons. The Morgan fingerprint density at radius 3 is 2.42 bits per heavy atom. The molecule has 0 unspecified atom stereocenters. The van der Waals surface area contributed by atoms with Crippen molar-refractivity contribution in [2.45, 2.75) is 13.0 Å². The molecule has 0 bridgehead atoms. The number of amides is 1. The number of nitrogens with one attached hydrogen (secondary N) is 1. The Labute approximate surface area is 111 Å². The smallest absolute Gasteiger partial charge is 0.265 e. The number of hydrogen-bond acceptors (Lipinski definition) is 3. The Kier molecular flexibility index (Phi) is 4.03. The first-order valence-corrected chi connectivity index (χ1v) is 5.97. The van der Waals surface area contributed by atoms with E-state index < -0.39 is 6.10 Å². The Bertz CT molecular complexity index is 554. The molecule has 2 aromatic carbocycles. The summed E-state index contributed by atoms with van der Waals surface area (Å²) in [6.45, 7) is 1.66. The lowest BCUT2D eigenvalue weighted by Gasteiger charge is -2.15. The van der Waals surface area contributed by atoms with Crippen molar-refractivity contribution in [3.05, 3.63) is 54.6 Å². The minimum atomic E-state index is -0.651. The number of benzene rings is 2. The van der Waals surface area contributed by atoms with E-state index >= 15 is 0 Å². The van der Waals surface area contributed by atoms with E-state index in [1.54, 1.807) is 37.3 Å². The Morgan fingerprint density at radius 1 is 1.11 bits per heavy atom. The van der Waals surface area contributed by atoms with Crippen LogP contribution >= 0.6 is 0 Å². The first-order chi connectivity index (χ1) is 9.16. The van der Waals surface area contributed by atoms with Crippen LogP contribution in [0.5, 0.6) is 11.5 Å². The van der Waals surface area contributed by atoms with Crippen molar-refractivity contribution >= 4 is 11.6 Å². The third kappa shape index (κ3) is 3.48. The molecule has 19 heavy (non-hydrogen) atoms. The van der Waals surface area contributed by atoms with Gasteiger partial charge in [-0.25, -0.2) is 0 Å². The first-order valence-electron chi connectivity index (χ1n) is 5.97. The lowest BCUT2D eigenvalue weighted by molar-refractivity contribution is -0.122. The van der Waals surface area contributed by atoms with Crippen molar-refractivity contribution in [1.82, 2.24) is 0 Å². The Morgan fingerprint density at radius 2 is 1.74 bits per heavy atom. The van der Waals surface area contributed by atoms with E-state index in [1.807, 2.05) is 18.2 Å². The number of anilines is 1. The number of ether oxygens (including phenoxy) is 1. The fraction of sp³-hybridized carbons (Fsp3) is 0.133. The molecule has 1 amide bonds. The Balaban J connectivity index is 1.99. The SMILES string of the molecule is C[C@@H](Oc1ccccc1)C(=O)Nc1ccccc1O. The van der Waals surface area contributed by atoms with Crippen LogP contribution in [-0.4, -0.2) is 17.1 Å². The molecule has 4 heteroatoms. The van der Waals surface area contributed by atoms with Gasteiger partial charge in [0.05, 0.1) is 5.69 Å². The van der Waals surface area contributed by atoms with Gasteiger partial charge in [0.25, 0.3) is 5.91 Å². The lowest BCUT2D eigenvalue weighted by atomic mass is 10.2. The van der Waals surface area contributed by atoms with Gasteiger partial charge < -0.3 is 15.2 Å². The predicted octanol–water partition coefficient (Wildman–Crippen LogP) is 2.80. The number of carbonyl (C=O) groups is 1. The molecule has 0 heterocycles. The zero-order valence-corrected chi connectivity index (χ0v) is 10.5. The molecule has 98 valence electrons. The molecule has 0 aliphatic heterocycles. The minimum Gasteiger partial charge on any atom is -0.506 e. The topological polar surface area (TPSA) is 58.6 Å². The van der Waals surface area contributed by atoms with Crippen molar-refractivity contribution in [3.63, 3.8) is 0 Å². The highest BCUT2D eigenvalue weighted by molar-refractivity contribution is 5.95. The van der Waals surface area contributed by atoms with Crippen LogP contribution < -0.4 is 10.1 Å². The number of phenols is 1. The number of carbonyl (C=O) groups excluding carboxylic acids is 1. The van der Waals surface area contributed by atoms with Crippen molar-refractivity contribution in [2.75, 3.05) is 5.32 Å². The molecule has 0 aliphatic carbocycles. The van der Waals surface area contributed by atoms with Crippen LogP contribution in [0.4, 0.5) is 5.69 Å². The van der Waals surface area contributed by atoms with Crippen LogP contribution in [-0.2, 0) is 4.79 Å². The number of aromatic hydroxyl groups is 1. The van der Waals surface area contributed by atoms with Crippen molar-refractivity contribution < 1.29 is 14.6 Å². The van der Waals surface area contributed by atoms with E-state index in [4.69, 9.17) is 4.74 Å². The maximum atomic E-state index is 11.9. The summed E-state index contributed by atoms with van der Waals surface area (Å²) in [5.41, 5.74) is 0.371. The summed E-state index contributed by atoms with van der Waals surface area (Å²) in [7, 11) is 0. The summed E-state index contributed by atoms with van der Waals surface area (Å²) in [4.78, 5) is 11.9. The summed E-state index contributed by atoms with van der Waals surface area (Å²) in [5.74, 6) is 0.343. The first kappa shape index (κ1) is 13.0. The molecule has 0 saturated carbocycles. The van der Waals surface area contributed by atoms with Gasteiger partial charge in [0, 0.05) is 0 Å². The highest BCUT2D eigenvalue weighted by atomic mass is 16.5. The van der Waals surface area contributed by atoms with E-state index in [0.717, 1.165) is 0 Å². The quantitative estimate of drug-likeness (QED) is 0.828. The maximum absolute atomic E-state index is 11.9. The van der Waals surface area contributed by atoms with Crippen LogP contribution in [0.15, 0.2) is 54.6 Å². The molecule has 0 spiro atoms. The average molecular weight is 257 g/mol. The van der Waals surface area contributed by atoms with Gasteiger partial charge in [-0.05, 0) is 31.2 Å². The number of hydrogen-bond donors (Lipinski definition) is 2. The third-order valence-corrected chi connectivity index (χ3v) is 2.59. The average Bonchev–Trinajstić information content (AvgIpc) is 2.42. The van der Waals surface area contributed by atoms with Crippen molar-refractivity contribution in [1.29, 1.82) is 0 Å². The van der Waals surface area contributed by atoms with Crippen LogP contribution in [0.3, 0.4) is 0 Å². The summed E-state index contributed by atoms with van der Waals surface area (Å²) < 4.78 is 5.49. The second-order valence-corrected chi connectivity index (χ2v) is 4.08. The van der Waals surface area contributed by atoms with Gasteiger partial charge in [-0.1, -0.05) is 30.3 Å². The molecule has 0 aliphatic rings. The van der Waals surface area contributed by atoms with Crippen LogP contribution in [0, 0.1) is 0 Å². The summed E-state index contributed by atoms with van der Waals surface area (Å²) in [6.07, 6.45) is -0.651. The fourth-order valence-corrected chi connectivity index (χ4v) is 1.57. The molecule has 0 saturated heterocycles. The van der Waals surface area contributed by atoms with Crippen molar-refractivity contribution in [3.8, 4) is 11.5 Å². The van der Waals surface area contributed by atoms with Crippen LogP contribution in [0.1, 0.15) is 6.92 Å². The molecule has 2 rings (SSSR count). The van der Waals surface area contributed by atoms with E-state index in [9.17, 15) is 9.90 Å². The van der Waals surface area contributed by atoms with E-state index in [0.29, 0.717) is 11.4 Å². The molecule has 1 atom stereocenters. The second kappa shape index (κ2) is 5.91. The molecule has 0 aromatic heterocycles. The Hall–Kier alpha value is -2.49. The van der Waals surface area contributed by atoms with Gasteiger partial charge in [0.2, 0.25) is 0 Å². The lowest BCUT2D eigenvalue weighted by Crippen LogP contribution is -2.30. The molecular formula is C15H15NO3. The molecular weight excluding hydrogens is 242 g/mol. The van der Waals surface area contributed by atoms with E-state index in [2.05, 4.69) is 5.32 Å². The summed E-state index contributed by atoms with van der Waals surface area (Å²) in [5, 5.41) is 12.2. The molecule has 4 nitrogen and oxygen atoms in total. The van der Waals surface area contributed by atoms with Gasteiger partial charge >= 0.3 is 0 Å². The largest absolute Gasteiger partial charge is 0.506 e. The van der Waals surface area contributed by atoms with Gasteiger partial charge in [-0.2, -0.15) is 0 Å². The van der Waals surface area contributed by atoms with Crippen LogP contribution in [0.25, 0.3) is 0 Å². The van der Waals surface area contributed by atoms with E-state index in [1.165, 1.54) is 6.07 Å². The normalized spacial score (nSPS) is 11.6. The van der Waals surface area contributed by atoms with Gasteiger partial charge in [-0.15, -0.1) is 0 Å². The summed E-state index contributed by atoms with van der Waals surface area (Å²) in [6, 6.07) is 15.7. The van der Waals surface area contributed by atoms with Gasteiger partial charge in [0.1, 0.15) is 11.5 Å². The minimum absolute atomic E-state index is 0.0303. The molecule has 0 fully saturated rings. The second-order valence-electron chi connectivity index (χ2n) is 4.08. The standard InChI is InChI=1S/C15H15NO3/c1-11(19-12-7-3-2-4-8-12)15(18)16-13-9-5-6-10-14(13)17/h2-11,17H,1H3,(H,16,18)/t11-/m1/s1. The zero-order valence-electron chi connectivity index (χ0n) is 10.5. The van der Waals surface area contributed by atoms with Crippen molar-refractivity contribution in [2.24, 2.45) is 0 Å². The number of phenolic OH excluding ortho intramolecular Hbond substituents is 1. The van der Waals surface area contributed by atoms with Crippen LogP contribution in [0.2, 0.25) is 0 Å².